The minimum absolute atomic E-state index is 0.0891. The molecule has 0 aliphatic carbocycles. The highest BCUT2D eigenvalue weighted by Crippen LogP contribution is 2.25. The van der Waals surface area contributed by atoms with Gasteiger partial charge in [0.15, 0.2) is 0 Å². The number of H-pyrrole nitrogens is 1. The summed E-state index contributed by atoms with van der Waals surface area (Å²) in [4.78, 5) is 14.5. The standard InChI is InChI=1S/C21H17N3O2/c1-24(21(25)18-8-5-9-20-19(18)14-22-23-20)15-10-12-17(13-11-15)26-16-6-3-2-4-7-16/h2-14H,1H3,(H,22,23). The van der Waals surface area contributed by atoms with Gasteiger partial charge in [-0.25, -0.2) is 0 Å². The van der Waals surface area contributed by atoms with Crippen LogP contribution in [0.1, 0.15) is 10.4 Å². The van der Waals surface area contributed by atoms with Crippen LogP contribution in [-0.2, 0) is 0 Å². The number of rotatable bonds is 4. The number of hydrogen-bond acceptors (Lipinski definition) is 3. The van der Waals surface area contributed by atoms with Crippen molar-refractivity contribution in [1.82, 2.24) is 10.2 Å². The monoisotopic (exact) mass is 343 g/mol. The first kappa shape index (κ1) is 15.9. The largest absolute Gasteiger partial charge is 0.457 e. The third kappa shape index (κ3) is 3.02. The zero-order chi connectivity index (χ0) is 17.9. The van der Waals surface area contributed by atoms with E-state index in [4.69, 9.17) is 4.74 Å². The third-order valence-electron chi connectivity index (χ3n) is 4.22. The molecule has 4 rings (SSSR count). The lowest BCUT2D eigenvalue weighted by Gasteiger charge is -2.18. The van der Waals surface area contributed by atoms with Crippen molar-refractivity contribution in [3.63, 3.8) is 0 Å². The molecule has 0 saturated carbocycles. The van der Waals surface area contributed by atoms with Gasteiger partial charge in [-0.1, -0.05) is 24.3 Å². The number of carbonyl (C=O) groups excluding carboxylic acids is 1. The summed E-state index contributed by atoms with van der Waals surface area (Å²) in [6.07, 6.45) is 1.67. The van der Waals surface area contributed by atoms with Crippen LogP contribution in [0, 0.1) is 0 Å². The molecule has 1 heterocycles. The van der Waals surface area contributed by atoms with Crippen LogP contribution in [0.3, 0.4) is 0 Å². The van der Waals surface area contributed by atoms with E-state index in [2.05, 4.69) is 10.2 Å². The van der Waals surface area contributed by atoms with E-state index in [1.54, 1.807) is 18.1 Å². The molecule has 0 aliphatic heterocycles. The number of hydrogen-bond donors (Lipinski definition) is 1. The molecule has 0 bridgehead atoms. The van der Waals surface area contributed by atoms with Gasteiger partial charge in [0.05, 0.1) is 17.3 Å². The highest BCUT2D eigenvalue weighted by molar-refractivity contribution is 6.13. The van der Waals surface area contributed by atoms with Gasteiger partial charge in [0, 0.05) is 18.1 Å². The lowest BCUT2D eigenvalue weighted by molar-refractivity contribution is 0.0994. The number of para-hydroxylation sites is 1. The molecule has 0 fully saturated rings. The Balaban J connectivity index is 1.55. The van der Waals surface area contributed by atoms with E-state index in [0.717, 1.165) is 28.1 Å². The zero-order valence-corrected chi connectivity index (χ0v) is 14.2. The van der Waals surface area contributed by atoms with Crippen LogP contribution in [0.2, 0.25) is 0 Å². The first-order valence-corrected chi connectivity index (χ1v) is 8.25. The van der Waals surface area contributed by atoms with E-state index in [-0.39, 0.29) is 5.91 Å². The Morgan fingerprint density at radius 1 is 0.923 bits per heavy atom. The normalized spacial score (nSPS) is 10.7. The molecule has 26 heavy (non-hydrogen) atoms. The van der Waals surface area contributed by atoms with Gasteiger partial charge in [-0.2, -0.15) is 5.10 Å². The molecule has 0 atom stereocenters. The predicted octanol–water partition coefficient (Wildman–Crippen LogP) is 4.63. The molecule has 1 aromatic heterocycles. The molecule has 5 nitrogen and oxygen atoms in total. The number of nitrogens with one attached hydrogen (secondary N) is 1. The molecule has 128 valence electrons. The fourth-order valence-electron chi connectivity index (χ4n) is 2.81. The van der Waals surface area contributed by atoms with Gasteiger partial charge in [0.2, 0.25) is 0 Å². The fraction of sp³-hybridized carbons (Fsp3) is 0.0476. The van der Waals surface area contributed by atoms with E-state index in [1.165, 1.54) is 0 Å². The smallest absolute Gasteiger partial charge is 0.258 e. The number of carbonyl (C=O) groups is 1. The second-order valence-electron chi connectivity index (χ2n) is 5.91. The second-order valence-corrected chi connectivity index (χ2v) is 5.91. The number of aromatic nitrogens is 2. The Morgan fingerprint density at radius 3 is 2.42 bits per heavy atom. The SMILES string of the molecule is CN(C(=O)c1cccc2[nH]ncc12)c1ccc(Oc2ccccc2)cc1. The van der Waals surface area contributed by atoms with Crippen molar-refractivity contribution in [2.45, 2.75) is 0 Å². The maximum Gasteiger partial charge on any atom is 0.258 e. The number of amides is 1. The highest BCUT2D eigenvalue weighted by atomic mass is 16.5. The lowest BCUT2D eigenvalue weighted by atomic mass is 10.1. The summed E-state index contributed by atoms with van der Waals surface area (Å²) in [7, 11) is 1.76. The van der Waals surface area contributed by atoms with Crippen LogP contribution in [0.15, 0.2) is 79.0 Å². The molecule has 1 N–H and O–H groups in total. The minimum atomic E-state index is -0.0891. The predicted molar refractivity (Wildman–Crippen MR) is 102 cm³/mol. The molecule has 4 aromatic rings. The molecular weight excluding hydrogens is 326 g/mol. The topological polar surface area (TPSA) is 58.2 Å². The van der Waals surface area contributed by atoms with Crippen LogP contribution in [0.4, 0.5) is 5.69 Å². The number of ether oxygens (including phenoxy) is 1. The number of benzene rings is 3. The molecule has 0 unspecified atom stereocenters. The summed E-state index contributed by atoms with van der Waals surface area (Å²) in [5.41, 5.74) is 2.25. The average Bonchev–Trinajstić information content (AvgIpc) is 3.17. The van der Waals surface area contributed by atoms with Gasteiger partial charge in [-0.3, -0.25) is 9.89 Å². The third-order valence-corrected chi connectivity index (χ3v) is 4.22. The van der Waals surface area contributed by atoms with Crippen LogP contribution in [0.25, 0.3) is 10.9 Å². The fourth-order valence-corrected chi connectivity index (χ4v) is 2.81. The minimum Gasteiger partial charge on any atom is -0.457 e. The van der Waals surface area contributed by atoms with E-state index >= 15 is 0 Å². The average molecular weight is 343 g/mol. The first-order valence-electron chi connectivity index (χ1n) is 8.25. The van der Waals surface area contributed by atoms with Gasteiger partial charge >= 0.3 is 0 Å². The molecule has 0 aliphatic rings. The van der Waals surface area contributed by atoms with Gasteiger partial charge in [0.25, 0.3) is 5.91 Å². The van der Waals surface area contributed by atoms with Crippen LogP contribution < -0.4 is 9.64 Å². The van der Waals surface area contributed by atoms with Gasteiger partial charge in [-0.15, -0.1) is 0 Å². The van der Waals surface area contributed by atoms with Gasteiger partial charge < -0.3 is 9.64 Å². The van der Waals surface area contributed by atoms with Gasteiger partial charge in [-0.05, 0) is 48.5 Å². The first-order chi connectivity index (χ1) is 12.7. The number of anilines is 1. The molecule has 5 heteroatoms. The van der Waals surface area contributed by atoms with Crippen molar-refractivity contribution in [3.8, 4) is 11.5 Å². The molecule has 0 saturated heterocycles. The molecule has 0 spiro atoms. The lowest BCUT2D eigenvalue weighted by Crippen LogP contribution is -2.26. The van der Waals surface area contributed by atoms with E-state index in [9.17, 15) is 4.79 Å². The van der Waals surface area contributed by atoms with Crippen LogP contribution in [-0.4, -0.2) is 23.2 Å². The Labute approximate surface area is 150 Å². The van der Waals surface area contributed by atoms with Crippen LogP contribution >= 0.6 is 0 Å². The Hall–Kier alpha value is -3.60. The van der Waals surface area contributed by atoms with Crippen molar-refractivity contribution < 1.29 is 9.53 Å². The van der Waals surface area contributed by atoms with E-state index in [0.29, 0.717) is 5.56 Å². The summed E-state index contributed by atoms with van der Waals surface area (Å²) in [6.45, 7) is 0. The van der Waals surface area contributed by atoms with Crippen LogP contribution in [0.5, 0.6) is 11.5 Å². The molecular formula is C21H17N3O2. The summed E-state index contributed by atoms with van der Waals surface area (Å²) in [5, 5.41) is 7.72. The number of fused-ring (bicyclic) bond motifs is 1. The van der Waals surface area contributed by atoms with Crippen molar-refractivity contribution in [3.05, 3.63) is 84.6 Å². The molecule has 3 aromatic carbocycles. The van der Waals surface area contributed by atoms with Gasteiger partial charge in [0.1, 0.15) is 11.5 Å². The van der Waals surface area contributed by atoms with Crippen molar-refractivity contribution >= 4 is 22.5 Å². The number of nitrogens with zero attached hydrogens (tertiary/aromatic N) is 2. The summed E-state index contributed by atoms with van der Waals surface area (Å²) < 4.78 is 5.79. The zero-order valence-electron chi connectivity index (χ0n) is 14.2. The molecule has 0 radical (unpaired) electrons. The van der Waals surface area contributed by atoms with Crippen molar-refractivity contribution in [2.75, 3.05) is 11.9 Å². The summed E-state index contributed by atoms with van der Waals surface area (Å²) in [6, 6.07) is 22.6. The second kappa shape index (κ2) is 6.72. The van der Waals surface area contributed by atoms with Crippen molar-refractivity contribution in [2.24, 2.45) is 0 Å². The quantitative estimate of drug-likeness (QED) is 0.588. The van der Waals surface area contributed by atoms with E-state index < -0.39 is 0 Å². The Morgan fingerprint density at radius 2 is 1.65 bits per heavy atom. The molecule has 1 amide bonds. The summed E-state index contributed by atoms with van der Waals surface area (Å²) in [5.74, 6) is 1.41. The maximum absolute atomic E-state index is 12.9. The highest BCUT2D eigenvalue weighted by Gasteiger charge is 2.17. The number of aromatic amines is 1. The summed E-state index contributed by atoms with van der Waals surface area (Å²) >= 11 is 0. The maximum atomic E-state index is 12.9. The Kier molecular flexibility index (Phi) is 4.11. The van der Waals surface area contributed by atoms with Crippen molar-refractivity contribution in [1.29, 1.82) is 0 Å². The van der Waals surface area contributed by atoms with E-state index in [1.807, 2.05) is 72.8 Å². The Bertz CT molecular complexity index is 1040.